The van der Waals surface area contributed by atoms with Crippen LogP contribution in [0.5, 0.6) is 0 Å². The van der Waals surface area contributed by atoms with Crippen molar-refractivity contribution < 1.29 is 0 Å². The highest BCUT2D eigenvalue weighted by atomic mass is 15.3. The minimum Gasteiger partial charge on any atom is -0.264 e. The molecule has 1 aromatic carbocycles. The highest BCUT2D eigenvalue weighted by Gasteiger charge is 2.14. The molecule has 0 amide bonds. The molecule has 5 nitrogen and oxygen atoms in total. The zero-order valence-electron chi connectivity index (χ0n) is 13.5. The fourth-order valence-corrected chi connectivity index (χ4v) is 2.79. The third kappa shape index (κ3) is 2.88. The van der Waals surface area contributed by atoms with E-state index in [2.05, 4.69) is 22.2 Å². The maximum Gasteiger partial charge on any atom is 0.101 e. The van der Waals surface area contributed by atoms with E-state index in [1.165, 1.54) is 0 Å². The van der Waals surface area contributed by atoms with E-state index in [-0.39, 0.29) is 0 Å². The molecule has 0 radical (unpaired) electrons. The summed E-state index contributed by atoms with van der Waals surface area (Å²) in [5.41, 5.74) is 6.21. The van der Waals surface area contributed by atoms with Gasteiger partial charge in [-0.1, -0.05) is 12.1 Å². The fourth-order valence-electron chi connectivity index (χ4n) is 2.79. The number of benzene rings is 1. The maximum absolute atomic E-state index is 8.99. The Morgan fingerprint density at radius 3 is 2.38 bits per heavy atom. The van der Waals surface area contributed by atoms with Crippen LogP contribution in [0.4, 0.5) is 0 Å². The Balaban J connectivity index is 1.97. The van der Waals surface area contributed by atoms with Gasteiger partial charge in [0, 0.05) is 23.7 Å². The Hall–Kier alpha value is -3.44. The summed E-state index contributed by atoms with van der Waals surface area (Å²) in [6.07, 6.45) is 3.30. The lowest BCUT2D eigenvalue weighted by atomic mass is 10.0. The van der Waals surface area contributed by atoms with Crippen LogP contribution in [-0.2, 0) is 6.54 Å². The third-order valence-corrected chi connectivity index (χ3v) is 3.94. The molecule has 2 aromatic heterocycles. The van der Waals surface area contributed by atoms with Crippen molar-refractivity contribution in [2.45, 2.75) is 20.4 Å². The summed E-state index contributed by atoms with van der Waals surface area (Å²) in [6, 6.07) is 13.6. The van der Waals surface area contributed by atoms with Crippen LogP contribution in [0.1, 0.15) is 28.1 Å². The molecule has 0 unspecified atom stereocenters. The predicted molar refractivity (Wildman–Crippen MR) is 89.9 cm³/mol. The molecule has 3 aromatic rings. The van der Waals surface area contributed by atoms with Gasteiger partial charge in [0.05, 0.1) is 29.4 Å². The fraction of sp³-hybridized carbons (Fsp3) is 0.158. The summed E-state index contributed by atoms with van der Waals surface area (Å²) >= 11 is 0. The molecular formula is C19H15N5. The van der Waals surface area contributed by atoms with Crippen molar-refractivity contribution in [2.24, 2.45) is 0 Å². The average Bonchev–Trinajstić information content (AvgIpc) is 2.89. The van der Waals surface area contributed by atoms with Crippen molar-refractivity contribution in [1.29, 1.82) is 10.5 Å². The van der Waals surface area contributed by atoms with E-state index < -0.39 is 0 Å². The summed E-state index contributed by atoms with van der Waals surface area (Å²) in [5, 5.41) is 22.5. The second-order valence-electron chi connectivity index (χ2n) is 5.59. The first-order chi connectivity index (χ1) is 11.6. The molecule has 0 aliphatic carbocycles. The van der Waals surface area contributed by atoms with Crippen molar-refractivity contribution in [1.82, 2.24) is 14.8 Å². The summed E-state index contributed by atoms with van der Waals surface area (Å²) in [4.78, 5) is 4.09. The van der Waals surface area contributed by atoms with E-state index >= 15 is 0 Å². The van der Waals surface area contributed by atoms with Crippen LogP contribution in [0, 0.1) is 36.5 Å². The van der Waals surface area contributed by atoms with Crippen molar-refractivity contribution >= 4 is 0 Å². The largest absolute Gasteiger partial charge is 0.264 e. The van der Waals surface area contributed by atoms with Gasteiger partial charge in [-0.25, -0.2) is 0 Å². The molecule has 0 fully saturated rings. The zero-order chi connectivity index (χ0) is 17.1. The normalized spacial score (nSPS) is 10.2. The number of nitrogens with zero attached hydrogens (tertiary/aromatic N) is 5. The predicted octanol–water partition coefficient (Wildman–Crippen LogP) is 3.35. The number of hydrogen-bond acceptors (Lipinski definition) is 4. The van der Waals surface area contributed by atoms with Gasteiger partial charge < -0.3 is 0 Å². The van der Waals surface area contributed by atoms with Gasteiger partial charge >= 0.3 is 0 Å². The smallest absolute Gasteiger partial charge is 0.101 e. The molecule has 0 atom stereocenters. The first-order valence-corrected chi connectivity index (χ1v) is 7.51. The van der Waals surface area contributed by atoms with E-state index in [1.807, 2.05) is 48.9 Å². The molecule has 24 heavy (non-hydrogen) atoms. The van der Waals surface area contributed by atoms with Crippen LogP contribution in [0.15, 0.2) is 42.7 Å². The third-order valence-electron chi connectivity index (χ3n) is 3.94. The maximum atomic E-state index is 8.99. The Bertz CT molecular complexity index is 968. The molecule has 3 rings (SSSR count). The highest BCUT2D eigenvalue weighted by molar-refractivity contribution is 5.69. The van der Waals surface area contributed by atoms with Gasteiger partial charge in [0.15, 0.2) is 0 Å². The number of aryl methyl sites for hydroxylation is 1. The Morgan fingerprint density at radius 2 is 1.71 bits per heavy atom. The van der Waals surface area contributed by atoms with E-state index in [0.29, 0.717) is 17.7 Å². The lowest BCUT2D eigenvalue weighted by Crippen LogP contribution is -2.04. The SMILES string of the molecule is Cc1nn(Cc2cncc(C#N)c2)c(C)c1-c1ccc(C#N)cc1. The quantitative estimate of drug-likeness (QED) is 0.742. The van der Waals surface area contributed by atoms with Crippen molar-refractivity contribution in [3.05, 3.63) is 70.8 Å². The van der Waals surface area contributed by atoms with Gasteiger partial charge in [-0.2, -0.15) is 15.6 Å². The van der Waals surface area contributed by atoms with Crippen LogP contribution >= 0.6 is 0 Å². The molecule has 2 heterocycles. The first kappa shape index (κ1) is 15.5. The molecular weight excluding hydrogens is 298 g/mol. The lowest BCUT2D eigenvalue weighted by molar-refractivity contribution is 0.657. The van der Waals surface area contributed by atoms with E-state index in [0.717, 1.165) is 28.1 Å². The van der Waals surface area contributed by atoms with Crippen molar-refractivity contribution in [3.8, 4) is 23.3 Å². The number of pyridine rings is 1. The van der Waals surface area contributed by atoms with E-state index in [4.69, 9.17) is 10.5 Å². The molecule has 0 saturated heterocycles. The number of hydrogen-bond donors (Lipinski definition) is 0. The molecule has 0 aliphatic rings. The van der Waals surface area contributed by atoms with Crippen molar-refractivity contribution in [2.75, 3.05) is 0 Å². The minimum atomic E-state index is 0.543. The lowest BCUT2D eigenvalue weighted by Gasteiger charge is -2.06. The molecule has 0 N–H and O–H groups in total. The molecule has 116 valence electrons. The monoisotopic (exact) mass is 313 g/mol. The topological polar surface area (TPSA) is 78.3 Å². The Morgan fingerprint density at radius 1 is 1.00 bits per heavy atom. The van der Waals surface area contributed by atoms with Crippen LogP contribution in [-0.4, -0.2) is 14.8 Å². The molecule has 0 saturated carbocycles. The second kappa shape index (κ2) is 6.36. The van der Waals surface area contributed by atoms with Gasteiger partial charge in [0.2, 0.25) is 0 Å². The second-order valence-corrected chi connectivity index (χ2v) is 5.59. The summed E-state index contributed by atoms with van der Waals surface area (Å²) in [5.74, 6) is 0. The zero-order valence-corrected chi connectivity index (χ0v) is 13.5. The molecule has 0 spiro atoms. The number of rotatable bonds is 3. The first-order valence-electron chi connectivity index (χ1n) is 7.51. The van der Waals surface area contributed by atoms with E-state index in [1.54, 1.807) is 12.4 Å². The van der Waals surface area contributed by atoms with Crippen molar-refractivity contribution in [3.63, 3.8) is 0 Å². The van der Waals surface area contributed by atoms with Gasteiger partial charge in [-0.15, -0.1) is 0 Å². The Labute approximate surface area is 140 Å². The van der Waals surface area contributed by atoms with Crippen LogP contribution < -0.4 is 0 Å². The van der Waals surface area contributed by atoms with Gasteiger partial charge in [0.25, 0.3) is 0 Å². The van der Waals surface area contributed by atoms with Gasteiger partial charge in [-0.05, 0) is 43.2 Å². The Kier molecular flexibility index (Phi) is 4.09. The summed E-state index contributed by atoms with van der Waals surface area (Å²) in [7, 11) is 0. The average molecular weight is 313 g/mol. The van der Waals surface area contributed by atoms with Gasteiger partial charge in [0.1, 0.15) is 6.07 Å². The summed E-state index contributed by atoms with van der Waals surface area (Å²) in [6.45, 7) is 4.56. The van der Waals surface area contributed by atoms with Crippen LogP contribution in [0.2, 0.25) is 0 Å². The van der Waals surface area contributed by atoms with Crippen LogP contribution in [0.3, 0.4) is 0 Å². The highest BCUT2D eigenvalue weighted by Crippen LogP contribution is 2.27. The number of aromatic nitrogens is 3. The van der Waals surface area contributed by atoms with Gasteiger partial charge in [-0.3, -0.25) is 9.67 Å². The molecule has 0 bridgehead atoms. The minimum absolute atomic E-state index is 0.543. The molecule has 0 aliphatic heterocycles. The molecule has 5 heteroatoms. The van der Waals surface area contributed by atoms with Crippen LogP contribution in [0.25, 0.3) is 11.1 Å². The van der Waals surface area contributed by atoms with E-state index in [9.17, 15) is 0 Å². The number of nitriles is 2. The standard InChI is InChI=1S/C19H15N5/c1-13-19(18-5-3-15(8-20)4-6-18)14(2)24(23-13)12-17-7-16(9-21)10-22-11-17/h3-7,10-11H,12H2,1-2H3. The summed E-state index contributed by atoms with van der Waals surface area (Å²) < 4.78 is 1.92.